The fourth-order valence-corrected chi connectivity index (χ4v) is 3.24. The summed E-state index contributed by atoms with van der Waals surface area (Å²) in [5, 5.41) is 4.92. The fourth-order valence-electron chi connectivity index (χ4n) is 2.49. The molecule has 0 fully saturated rings. The van der Waals surface area contributed by atoms with Crippen molar-refractivity contribution in [3.63, 3.8) is 0 Å². The number of benzene rings is 1. The van der Waals surface area contributed by atoms with E-state index in [2.05, 4.69) is 16.3 Å². The van der Waals surface area contributed by atoms with E-state index in [1.807, 2.05) is 48.7 Å². The lowest BCUT2D eigenvalue weighted by atomic mass is 10.0. The molecule has 0 radical (unpaired) electrons. The lowest BCUT2D eigenvalue weighted by Gasteiger charge is -2.21. The highest BCUT2D eigenvalue weighted by atomic mass is 32.1. The molecular formula is C19H24N2O2S. The number of amides is 1. The summed E-state index contributed by atoms with van der Waals surface area (Å²) in [6, 6.07) is 13.4. The molecule has 128 valence electrons. The maximum Gasteiger partial charge on any atom is 0.234 e. The smallest absolute Gasteiger partial charge is 0.234 e. The van der Waals surface area contributed by atoms with Crippen LogP contribution in [0.4, 0.5) is 0 Å². The average molecular weight is 344 g/mol. The standard InChI is InChI=1S/C19H24N2O2S/c1-3-21(13-17-10-7-11-24-17)14-19(23)20-18(15(2)22)12-16-8-5-4-6-9-16/h4-11,18H,3,12-14H2,1-2H3,(H,20,23)/t18-/m0/s1. The van der Waals surface area contributed by atoms with Crippen molar-refractivity contribution in [1.82, 2.24) is 10.2 Å². The Labute approximate surface area is 147 Å². The largest absolute Gasteiger partial charge is 0.345 e. The summed E-state index contributed by atoms with van der Waals surface area (Å²) >= 11 is 1.69. The number of likely N-dealkylation sites (N-methyl/N-ethyl adjacent to an activating group) is 1. The number of hydrogen-bond acceptors (Lipinski definition) is 4. The number of thiophene rings is 1. The van der Waals surface area contributed by atoms with Gasteiger partial charge < -0.3 is 5.32 Å². The first-order valence-electron chi connectivity index (χ1n) is 8.17. The second-order valence-electron chi connectivity index (χ2n) is 5.80. The molecule has 0 saturated carbocycles. The first-order chi connectivity index (χ1) is 11.6. The molecular weight excluding hydrogens is 320 g/mol. The first-order valence-corrected chi connectivity index (χ1v) is 9.05. The van der Waals surface area contributed by atoms with Crippen molar-refractivity contribution in [2.45, 2.75) is 32.9 Å². The van der Waals surface area contributed by atoms with Gasteiger partial charge in [0.25, 0.3) is 0 Å². The van der Waals surface area contributed by atoms with Crippen LogP contribution < -0.4 is 5.32 Å². The molecule has 0 saturated heterocycles. The Bertz CT molecular complexity index is 641. The predicted octanol–water partition coefficient (Wildman–Crippen LogP) is 2.89. The van der Waals surface area contributed by atoms with Crippen LogP contribution >= 0.6 is 11.3 Å². The van der Waals surface area contributed by atoms with E-state index in [1.165, 1.54) is 11.8 Å². The molecule has 0 unspecified atom stereocenters. The Morgan fingerprint density at radius 2 is 1.92 bits per heavy atom. The van der Waals surface area contributed by atoms with Gasteiger partial charge in [0, 0.05) is 11.4 Å². The first kappa shape index (κ1) is 18.4. The fraction of sp³-hybridized carbons (Fsp3) is 0.368. The molecule has 0 spiro atoms. The van der Waals surface area contributed by atoms with Crippen LogP contribution in [0.5, 0.6) is 0 Å². The van der Waals surface area contributed by atoms with E-state index in [0.717, 1.165) is 18.7 Å². The van der Waals surface area contributed by atoms with Gasteiger partial charge in [-0.1, -0.05) is 43.3 Å². The van der Waals surface area contributed by atoms with Gasteiger partial charge in [0.15, 0.2) is 5.78 Å². The van der Waals surface area contributed by atoms with E-state index in [9.17, 15) is 9.59 Å². The Kier molecular flexibility index (Phi) is 7.15. The third-order valence-corrected chi connectivity index (χ3v) is 4.74. The van der Waals surface area contributed by atoms with Crippen LogP contribution in [0.1, 0.15) is 24.3 Å². The van der Waals surface area contributed by atoms with Gasteiger partial charge in [0.1, 0.15) is 0 Å². The second kappa shape index (κ2) is 9.35. The lowest BCUT2D eigenvalue weighted by Crippen LogP contribution is -2.45. The monoisotopic (exact) mass is 344 g/mol. The lowest BCUT2D eigenvalue weighted by molar-refractivity contribution is -0.127. The molecule has 1 aromatic heterocycles. The number of ketones is 1. The minimum atomic E-state index is -0.472. The zero-order valence-corrected chi connectivity index (χ0v) is 15.0. The van der Waals surface area contributed by atoms with Gasteiger partial charge in [0.2, 0.25) is 5.91 Å². The van der Waals surface area contributed by atoms with Crippen LogP contribution in [0, 0.1) is 0 Å². The molecule has 2 rings (SSSR count). The van der Waals surface area contributed by atoms with Gasteiger partial charge in [-0.05, 0) is 36.9 Å². The van der Waals surface area contributed by atoms with Gasteiger partial charge >= 0.3 is 0 Å². The summed E-state index contributed by atoms with van der Waals surface area (Å²) in [7, 11) is 0. The molecule has 0 aliphatic carbocycles. The van der Waals surface area contributed by atoms with Gasteiger partial charge in [0.05, 0.1) is 12.6 Å². The predicted molar refractivity (Wildman–Crippen MR) is 98.0 cm³/mol. The van der Waals surface area contributed by atoms with E-state index >= 15 is 0 Å². The number of carbonyl (C=O) groups is 2. The number of Topliss-reactive ketones (excluding diaryl/α,β-unsaturated/α-hetero) is 1. The van der Waals surface area contributed by atoms with Crippen molar-refractivity contribution in [2.75, 3.05) is 13.1 Å². The number of rotatable bonds is 9. The molecule has 0 aliphatic heterocycles. The minimum absolute atomic E-state index is 0.0199. The molecule has 24 heavy (non-hydrogen) atoms. The highest BCUT2D eigenvalue weighted by Crippen LogP contribution is 2.11. The Morgan fingerprint density at radius 3 is 2.50 bits per heavy atom. The quantitative estimate of drug-likeness (QED) is 0.761. The molecule has 1 aromatic carbocycles. The molecule has 0 aliphatic rings. The van der Waals surface area contributed by atoms with Crippen LogP contribution in [0.25, 0.3) is 0 Å². The molecule has 1 atom stereocenters. The van der Waals surface area contributed by atoms with Crippen molar-refractivity contribution in [3.05, 3.63) is 58.3 Å². The molecule has 4 nitrogen and oxygen atoms in total. The van der Waals surface area contributed by atoms with Crippen LogP contribution in [0.2, 0.25) is 0 Å². The highest BCUT2D eigenvalue weighted by Gasteiger charge is 2.19. The van der Waals surface area contributed by atoms with Gasteiger partial charge in [-0.2, -0.15) is 0 Å². The van der Waals surface area contributed by atoms with Crippen LogP contribution in [-0.4, -0.2) is 35.7 Å². The van der Waals surface area contributed by atoms with E-state index < -0.39 is 6.04 Å². The molecule has 1 amide bonds. The van der Waals surface area contributed by atoms with E-state index in [-0.39, 0.29) is 11.7 Å². The maximum atomic E-state index is 12.3. The van der Waals surface area contributed by atoms with Crippen molar-refractivity contribution in [2.24, 2.45) is 0 Å². The summed E-state index contributed by atoms with van der Waals surface area (Å²) in [4.78, 5) is 27.5. The molecule has 0 bridgehead atoms. The van der Waals surface area contributed by atoms with E-state index in [1.54, 1.807) is 11.3 Å². The van der Waals surface area contributed by atoms with Crippen LogP contribution in [0.3, 0.4) is 0 Å². The summed E-state index contributed by atoms with van der Waals surface area (Å²) in [5.41, 5.74) is 1.05. The number of hydrogen-bond donors (Lipinski definition) is 1. The van der Waals surface area contributed by atoms with Crippen molar-refractivity contribution < 1.29 is 9.59 Å². The Morgan fingerprint density at radius 1 is 1.17 bits per heavy atom. The highest BCUT2D eigenvalue weighted by molar-refractivity contribution is 7.09. The van der Waals surface area contributed by atoms with Crippen LogP contribution in [-0.2, 0) is 22.6 Å². The summed E-state index contributed by atoms with van der Waals surface area (Å²) in [6.45, 7) is 5.40. The normalized spacial score (nSPS) is 12.1. The topological polar surface area (TPSA) is 49.4 Å². The Balaban J connectivity index is 1.90. The molecule has 1 N–H and O–H groups in total. The summed E-state index contributed by atoms with van der Waals surface area (Å²) in [5.74, 6) is -0.127. The Hall–Kier alpha value is -1.98. The van der Waals surface area contributed by atoms with E-state index in [4.69, 9.17) is 0 Å². The van der Waals surface area contributed by atoms with Gasteiger partial charge in [-0.15, -0.1) is 11.3 Å². The maximum absolute atomic E-state index is 12.3. The van der Waals surface area contributed by atoms with Gasteiger partial charge in [-0.3, -0.25) is 14.5 Å². The number of nitrogens with one attached hydrogen (secondary N) is 1. The van der Waals surface area contributed by atoms with Gasteiger partial charge in [-0.25, -0.2) is 0 Å². The molecule has 2 aromatic rings. The van der Waals surface area contributed by atoms with Crippen molar-refractivity contribution >= 4 is 23.0 Å². The van der Waals surface area contributed by atoms with E-state index in [0.29, 0.717) is 13.0 Å². The SMILES string of the molecule is CCN(CC(=O)N[C@@H](Cc1ccccc1)C(C)=O)Cc1cccs1. The van der Waals surface area contributed by atoms with Crippen LogP contribution in [0.15, 0.2) is 47.8 Å². The third-order valence-electron chi connectivity index (χ3n) is 3.88. The molecule has 1 heterocycles. The van der Waals surface area contributed by atoms with Crippen molar-refractivity contribution in [1.29, 1.82) is 0 Å². The second-order valence-corrected chi connectivity index (χ2v) is 6.84. The number of nitrogens with zero attached hydrogens (tertiary/aromatic N) is 1. The zero-order valence-electron chi connectivity index (χ0n) is 14.2. The molecule has 5 heteroatoms. The third kappa shape index (κ3) is 5.91. The summed E-state index contributed by atoms with van der Waals surface area (Å²) in [6.07, 6.45) is 0.527. The zero-order chi connectivity index (χ0) is 17.4. The minimum Gasteiger partial charge on any atom is -0.345 e. The average Bonchev–Trinajstić information content (AvgIpc) is 3.07. The number of carbonyl (C=O) groups excluding carboxylic acids is 2. The van der Waals surface area contributed by atoms with Crippen molar-refractivity contribution in [3.8, 4) is 0 Å². The summed E-state index contributed by atoms with van der Waals surface area (Å²) < 4.78 is 0.